The summed E-state index contributed by atoms with van der Waals surface area (Å²) in [5.74, 6) is -0.0721. The van der Waals surface area contributed by atoms with Crippen molar-refractivity contribution in [3.05, 3.63) is 82.9 Å². The number of alkyl carbamates (subject to hydrolysis) is 1. The average Bonchev–Trinajstić information content (AvgIpc) is 3.05. The zero-order valence-electron chi connectivity index (χ0n) is 23.0. The van der Waals surface area contributed by atoms with E-state index in [0.29, 0.717) is 43.6 Å². The van der Waals surface area contributed by atoms with Crippen molar-refractivity contribution in [2.45, 2.75) is 71.0 Å². The lowest BCUT2D eigenvalue weighted by molar-refractivity contribution is 0.0550. The lowest BCUT2D eigenvalue weighted by Gasteiger charge is -2.32. The number of aliphatic hydroxyl groups excluding tert-OH is 1. The van der Waals surface area contributed by atoms with Crippen LogP contribution in [0.2, 0.25) is 0 Å². The summed E-state index contributed by atoms with van der Waals surface area (Å²) in [5.41, 5.74) is 2.16. The molecule has 1 atom stereocenters. The van der Waals surface area contributed by atoms with Gasteiger partial charge in [0.15, 0.2) is 0 Å². The molecule has 0 radical (unpaired) electrons. The Hall–Kier alpha value is -3.72. The van der Waals surface area contributed by atoms with E-state index in [1.54, 1.807) is 32.9 Å². The fourth-order valence-corrected chi connectivity index (χ4v) is 4.49. The minimum absolute atomic E-state index is 0.202. The van der Waals surface area contributed by atoms with E-state index in [9.17, 15) is 9.90 Å². The topological polar surface area (TPSA) is 100 Å². The van der Waals surface area contributed by atoms with Crippen LogP contribution < -0.4 is 5.32 Å². The normalized spacial score (nSPS) is 19.8. The Labute approximate surface area is 229 Å². The molecule has 2 heterocycles. The monoisotopic (exact) mass is 536 g/mol. The molecule has 4 rings (SSSR count). The van der Waals surface area contributed by atoms with E-state index in [1.165, 1.54) is 0 Å². The van der Waals surface area contributed by atoms with Crippen molar-refractivity contribution in [2.24, 2.45) is 4.99 Å². The standard InChI is InChI=1S/C30H37FN4O4/c1-20(22-12-9-13-24(25(31)18-22)21-10-7-5-6-8-11-21)26-19-27(39-34-26)32-28(33-29(37)38-30(2,3)4)35-16-14-23(36)15-17-35/h5-7,10-13,18-20,23,36H,8-9,14-17H2,1-4H3,(H,32,33,37). The third-order valence-electron chi connectivity index (χ3n) is 6.59. The highest BCUT2D eigenvalue weighted by atomic mass is 19.1. The third kappa shape index (κ3) is 7.89. The highest BCUT2D eigenvalue weighted by molar-refractivity contribution is 5.95. The molecule has 208 valence electrons. The summed E-state index contributed by atoms with van der Waals surface area (Å²) in [6.45, 7) is 8.31. The number of likely N-dealkylation sites (tertiary alicyclic amines) is 1. The van der Waals surface area contributed by atoms with E-state index >= 15 is 4.39 Å². The maximum Gasteiger partial charge on any atom is 0.414 e. The molecule has 1 amide bonds. The number of aliphatic hydroxyl groups is 1. The van der Waals surface area contributed by atoms with Gasteiger partial charge in [-0.15, -0.1) is 0 Å². The molecule has 1 fully saturated rings. The van der Waals surface area contributed by atoms with Gasteiger partial charge >= 0.3 is 6.09 Å². The summed E-state index contributed by atoms with van der Waals surface area (Å²) < 4.78 is 26.2. The van der Waals surface area contributed by atoms with E-state index in [4.69, 9.17) is 9.26 Å². The molecular weight excluding hydrogens is 499 g/mol. The van der Waals surface area contributed by atoms with Gasteiger partial charge in [0.05, 0.1) is 11.8 Å². The van der Waals surface area contributed by atoms with Gasteiger partial charge < -0.3 is 19.3 Å². The summed E-state index contributed by atoms with van der Waals surface area (Å²) in [6, 6.07) is 1.69. The molecule has 1 aromatic rings. The number of aliphatic imine (C=N–C) groups is 1. The SMILES string of the molecule is CC(C1=CCC=C(C2=CCC=CC=C2)C(F)=C1)c1cc(N=C(NC(=O)OC(C)(C)C)N2CCC(O)CC2)on1. The summed E-state index contributed by atoms with van der Waals surface area (Å²) in [7, 11) is 0. The Kier molecular flexibility index (Phi) is 9.01. The van der Waals surface area contributed by atoms with E-state index < -0.39 is 11.7 Å². The average molecular weight is 537 g/mol. The van der Waals surface area contributed by atoms with Crippen LogP contribution >= 0.6 is 0 Å². The van der Waals surface area contributed by atoms with Crippen LogP contribution in [0.4, 0.5) is 15.1 Å². The molecule has 9 heteroatoms. The summed E-state index contributed by atoms with van der Waals surface area (Å²) in [6.07, 6.45) is 16.7. The van der Waals surface area contributed by atoms with Crippen LogP contribution in [0, 0.1) is 0 Å². The number of piperidine rings is 1. The molecule has 2 aliphatic carbocycles. The maximum atomic E-state index is 15.3. The molecule has 0 bridgehead atoms. The Morgan fingerprint density at radius 1 is 1.23 bits per heavy atom. The predicted molar refractivity (Wildman–Crippen MR) is 149 cm³/mol. The van der Waals surface area contributed by atoms with Gasteiger partial charge in [-0.3, -0.25) is 5.32 Å². The van der Waals surface area contributed by atoms with Crippen molar-refractivity contribution in [3.8, 4) is 0 Å². The first-order chi connectivity index (χ1) is 18.6. The van der Waals surface area contributed by atoms with E-state index in [2.05, 4.69) is 15.5 Å². The van der Waals surface area contributed by atoms with E-state index in [0.717, 1.165) is 17.6 Å². The van der Waals surface area contributed by atoms with Crippen molar-refractivity contribution in [1.82, 2.24) is 15.4 Å². The zero-order chi connectivity index (χ0) is 28.0. The van der Waals surface area contributed by atoms with Crippen LogP contribution in [-0.2, 0) is 4.74 Å². The number of hydrogen-bond donors (Lipinski definition) is 2. The molecule has 1 unspecified atom stereocenters. The van der Waals surface area contributed by atoms with Crippen molar-refractivity contribution in [2.75, 3.05) is 13.1 Å². The van der Waals surface area contributed by atoms with E-state index in [1.807, 2.05) is 54.4 Å². The minimum atomic E-state index is -0.675. The van der Waals surface area contributed by atoms with Crippen LogP contribution in [0.25, 0.3) is 0 Å². The van der Waals surface area contributed by atoms with Crippen molar-refractivity contribution < 1.29 is 23.6 Å². The second-order valence-corrected chi connectivity index (χ2v) is 10.8. The first-order valence-electron chi connectivity index (χ1n) is 13.4. The summed E-state index contributed by atoms with van der Waals surface area (Å²) in [4.78, 5) is 18.9. The quantitative estimate of drug-likeness (QED) is 0.346. The Morgan fingerprint density at radius 3 is 2.74 bits per heavy atom. The fourth-order valence-electron chi connectivity index (χ4n) is 4.49. The van der Waals surface area contributed by atoms with Gasteiger partial charge in [-0.25, -0.2) is 9.18 Å². The second-order valence-electron chi connectivity index (χ2n) is 10.8. The molecule has 39 heavy (non-hydrogen) atoms. The molecule has 0 saturated carbocycles. The number of guanidine groups is 1. The van der Waals surface area contributed by atoms with Gasteiger partial charge in [-0.05, 0) is 63.7 Å². The van der Waals surface area contributed by atoms with Crippen molar-refractivity contribution >= 4 is 17.9 Å². The van der Waals surface area contributed by atoms with Crippen LogP contribution in [0.15, 0.2) is 86.7 Å². The number of nitrogens with one attached hydrogen (secondary N) is 1. The zero-order valence-corrected chi connectivity index (χ0v) is 23.0. The Bertz CT molecular complexity index is 1270. The summed E-state index contributed by atoms with van der Waals surface area (Å²) >= 11 is 0. The molecule has 8 nitrogen and oxygen atoms in total. The summed E-state index contributed by atoms with van der Waals surface area (Å²) in [5, 5.41) is 16.8. The lowest BCUT2D eigenvalue weighted by Crippen LogP contribution is -2.49. The first kappa shape index (κ1) is 28.3. The van der Waals surface area contributed by atoms with Crippen molar-refractivity contribution in [3.63, 3.8) is 0 Å². The number of amides is 1. The number of aromatic nitrogens is 1. The van der Waals surface area contributed by atoms with Gasteiger partial charge in [0.25, 0.3) is 5.88 Å². The van der Waals surface area contributed by atoms with Gasteiger partial charge in [0.2, 0.25) is 5.96 Å². The number of rotatable bonds is 4. The number of hydrogen-bond acceptors (Lipinski definition) is 6. The second kappa shape index (κ2) is 12.4. The van der Waals surface area contributed by atoms with Gasteiger partial charge in [-0.2, -0.15) is 4.99 Å². The number of halogens is 1. The number of nitrogens with zero attached hydrogens (tertiary/aromatic N) is 3. The fraction of sp³-hybridized carbons (Fsp3) is 0.433. The third-order valence-corrected chi connectivity index (χ3v) is 6.59. The molecule has 0 aromatic carbocycles. The predicted octanol–water partition coefficient (Wildman–Crippen LogP) is 6.30. The molecule has 3 aliphatic rings. The largest absolute Gasteiger partial charge is 0.444 e. The smallest absolute Gasteiger partial charge is 0.414 e. The highest BCUT2D eigenvalue weighted by Crippen LogP contribution is 2.34. The van der Waals surface area contributed by atoms with Crippen LogP contribution in [0.5, 0.6) is 0 Å². The molecule has 0 spiro atoms. The minimum Gasteiger partial charge on any atom is -0.444 e. The highest BCUT2D eigenvalue weighted by Gasteiger charge is 2.25. The number of carbonyl (C=O) groups excluding carboxylic acids is 1. The molecule has 1 saturated heterocycles. The molecular formula is C30H37FN4O4. The van der Waals surface area contributed by atoms with Crippen molar-refractivity contribution in [1.29, 1.82) is 0 Å². The number of carbonyl (C=O) groups is 1. The maximum absolute atomic E-state index is 15.3. The number of ether oxygens (including phenoxy) is 1. The van der Waals surface area contributed by atoms with Crippen LogP contribution in [-0.4, -0.2) is 52.0 Å². The van der Waals surface area contributed by atoms with Gasteiger partial charge in [0, 0.05) is 30.6 Å². The van der Waals surface area contributed by atoms with Gasteiger partial charge in [0.1, 0.15) is 11.4 Å². The Morgan fingerprint density at radius 2 is 2.00 bits per heavy atom. The van der Waals surface area contributed by atoms with E-state index in [-0.39, 0.29) is 29.7 Å². The van der Waals surface area contributed by atoms with Crippen LogP contribution in [0.3, 0.4) is 0 Å². The molecule has 1 aliphatic heterocycles. The Balaban J connectivity index is 1.52. The number of allylic oxidation sites excluding steroid dienone is 12. The lowest BCUT2D eigenvalue weighted by atomic mass is 9.96. The molecule has 2 N–H and O–H groups in total. The molecule has 1 aromatic heterocycles. The van der Waals surface area contributed by atoms with Gasteiger partial charge in [-0.1, -0.05) is 54.6 Å². The first-order valence-corrected chi connectivity index (χ1v) is 13.4. The van der Waals surface area contributed by atoms with Crippen LogP contribution in [0.1, 0.15) is 65.0 Å².